The number of aliphatic hydroxyl groups is 1. The van der Waals surface area contributed by atoms with E-state index in [0.717, 1.165) is 50.5 Å². The molecule has 0 saturated heterocycles. The Morgan fingerprint density at radius 3 is 2.18 bits per heavy atom. The van der Waals surface area contributed by atoms with Gasteiger partial charge in [0, 0.05) is 25.2 Å². The summed E-state index contributed by atoms with van der Waals surface area (Å²) in [6, 6.07) is 0. The first kappa shape index (κ1) is 25.7. The molecule has 0 amide bonds. The van der Waals surface area contributed by atoms with Crippen LogP contribution < -0.4 is 0 Å². The highest BCUT2D eigenvalue weighted by atomic mass is 16.5. The van der Waals surface area contributed by atoms with Crippen LogP contribution in [0.2, 0.25) is 0 Å². The minimum absolute atomic E-state index is 0.0209. The van der Waals surface area contributed by atoms with E-state index in [9.17, 15) is 14.7 Å². The number of carbonyl (C=O) groups excluding carboxylic acids is 2. The molecule has 5 heteroatoms. The molecule has 4 rings (SSSR count). The van der Waals surface area contributed by atoms with Crippen LogP contribution in [0.3, 0.4) is 0 Å². The molecule has 0 spiro atoms. The highest BCUT2D eigenvalue weighted by molar-refractivity contribution is 5.66. The molecule has 0 heterocycles. The highest BCUT2D eigenvalue weighted by Crippen LogP contribution is 2.73. The maximum atomic E-state index is 12.4. The molecule has 192 valence electrons. The van der Waals surface area contributed by atoms with E-state index in [2.05, 4.69) is 41.2 Å². The largest absolute Gasteiger partial charge is 0.465 e. The molecule has 4 fully saturated rings. The van der Waals surface area contributed by atoms with Crippen molar-refractivity contribution in [3.8, 4) is 0 Å². The molecule has 34 heavy (non-hydrogen) atoms. The Morgan fingerprint density at radius 1 is 0.941 bits per heavy atom. The lowest BCUT2D eigenvalue weighted by Crippen LogP contribution is -2.68. The number of fused-ring (bicyclic) bond motifs is 5. The van der Waals surface area contributed by atoms with Gasteiger partial charge in [-0.15, -0.1) is 0 Å². The van der Waals surface area contributed by atoms with Crippen molar-refractivity contribution in [3.63, 3.8) is 0 Å². The van der Waals surface area contributed by atoms with Gasteiger partial charge >= 0.3 is 11.9 Å². The van der Waals surface area contributed by atoms with Crippen LogP contribution in [0.4, 0.5) is 0 Å². The van der Waals surface area contributed by atoms with Crippen molar-refractivity contribution in [1.82, 2.24) is 0 Å². The molecule has 5 nitrogen and oxygen atoms in total. The lowest BCUT2D eigenvalue weighted by molar-refractivity contribution is -0.255. The molecule has 0 aromatic heterocycles. The van der Waals surface area contributed by atoms with Gasteiger partial charge in [0.05, 0.1) is 12.7 Å². The Morgan fingerprint density at radius 2 is 1.56 bits per heavy atom. The summed E-state index contributed by atoms with van der Waals surface area (Å²) < 4.78 is 11.7. The van der Waals surface area contributed by atoms with E-state index < -0.39 is 0 Å². The number of ether oxygens (including phenoxy) is 2. The Kier molecular flexibility index (Phi) is 6.32. The van der Waals surface area contributed by atoms with Gasteiger partial charge in [0.15, 0.2) is 0 Å². The third-order valence-electron chi connectivity index (χ3n) is 11.5. The molecule has 0 bridgehead atoms. The van der Waals surface area contributed by atoms with Crippen LogP contribution in [0, 0.1) is 45.3 Å². The molecule has 0 aliphatic heterocycles. The molecule has 0 radical (unpaired) electrons. The number of carbonyl (C=O) groups is 2. The zero-order valence-electron chi connectivity index (χ0n) is 22.4. The van der Waals surface area contributed by atoms with Crippen LogP contribution in [-0.2, 0) is 19.1 Å². The van der Waals surface area contributed by atoms with Crippen LogP contribution in [0.1, 0.15) is 93.4 Å². The summed E-state index contributed by atoms with van der Waals surface area (Å²) in [5.41, 5.74) is 0.861. The summed E-state index contributed by atoms with van der Waals surface area (Å²) in [4.78, 5) is 24.1. The van der Waals surface area contributed by atoms with Crippen molar-refractivity contribution >= 4 is 11.9 Å². The number of hydrogen-bond donors (Lipinski definition) is 1. The summed E-state index contributed by atoms with van der Waals surface area (Å²) >= 11 is 0. The van der Waals surface area contributed by atoms with Crippen molar-refractivity contribution in [2.45, 2.75) is 106 Å². The molecule has 4 aliphatic rings. The van der Waals surface area contributed by atoms with Gasteiger partial charge in [-0.1, -0.05) is 46.8 Å². The first-order chi connectivity index (χ1) is 15.7. The van der Waals surface area contributed by atoms with E-state index >= 15 is 0 Å². The fourth-order valence-electron chi connectivity index (χ4n) is 9.86. The van der Waals surface area contributed by atoms with Crippen LogP contribution >= 0.6 is 0 Å². The molecule has 4 saturated carbocycles. The maximum absolute atomic E-state index is 12.4. The Balaban J connectivity index is 1.80. The Labute approximate surface area is 206 Å². The van der Waals surface area contributed by atoms with E-state index in [1.807, 2.05) is 0 Å². The number of aliphatic hydroxyl groups excluding tert-OH is 1. The molecule has 1 N–H and O–H groups in total. The molecule has 0 aromatic rings. The average molecular weight is 475 g/mol. The average Bonchev–Trinajstić information content (AvgIpc) is 2.71. The van der Waals surface area contributed by atoms with Gasteiger partial charge in [0.1, 0.15) is 6.10 Å². The third kappa shape index (κ3) is 3.59. The second-order valence-electron chi connectivity index (χ2n) is 13.3. The SMILES string of the molecule is C=C1CC[C@H]2[C@]3(C)CC[C@H]4C(C)(C)[C@@H](O)CC[C@]4(C)[C@H]3CC(OC(C)=O)[C@]2(C)[C@H]1COC(C)=O. The van der Waals surface area contributed by atoms with Gasteiger partial charge in [0.2, 0.25) is 0 Å². The van der Waals surface area contributed by atoms with Gasteiger partial charge in [-0.05, 0) is 78.9 Å². The first-order valence-electron chi connectivity index (χ1n) is 13.3. The summed E-state index contributed by atoms with van der Waals surface area (Å²) in [5, 5.41) is 10.9. The summed E-state index contributed by atoms with van der Waals surface area (Å²) in [5.74, 6) is 0.661. The summed E-state index contributed by atoms with van der Waals surface area (Å²) in [7, 11) is 0. The van der Waals surface area contributed by atoms with Crippen LogP contribution in [0.25, 0.3) is 0 Å². The minimum atomic E-state index is -0.325. The van der Waals surface area contributed by atoms with Crippen LogP contribution in [0.5, 0.6) is 0 Å². The van der Waals surface area contributed by atoms with E-state index in [4.69, 9.17) is 9.47 Å². The minimum Gasteiger partial charge on any atom is -0.465 e. The zero-order valence-corrected chi connectivity index (χ0v) is 22.4. The van der Waals surface area contributed by atoms with Crippen molar-refractivity contribution in [2.75, 3.05) is 6.61 Å². The predicted molar refractivity (Wildman–Crippen MR) is 132 cm³/mol. The monoisotopic (exact) mass is 474 g/mol. The van der Waals surface area contributed by atoms with Crippen molar-refractivity contribution in [1.29, 1.82) is 0 Å². The number of hydrogen-bond acceptors (Lipinski definition) is 5. The van der Waals surface area contributed by atoms with Gasteiger partial charge < -0.3 is 14.6 Å². The maximum Gasteiger partial charge on any atom is 0.302 e. The van der Waals surface area contributed by atoms with Gasteiger partial charge in [0.25, 0.3) is 0 Å². The van der Waals surface area contributed by atoms with E-state index in [-0.39, 0.29) is 51.7 Å². The quantitative estimate of drug-likeness (QED) is 0.420. The molecule has 4 aliphatic carbocycles. The topological polar surface area (TPSA) is 72.8 Å². The summed E-state index contributed by atoms with van der Waals surface area (Å²) in [6.07, 6.45) is 6.36. The van der Waals surface area contributed by atoms with Crippen molar-refractivity contribution in [2.24, 2.45) is 45.3 Å². The molecule has 1 unspecified atom stereocenters. The molecular formula is C29H46O5. The second-order valence-corrected chi connectivity index (χ2v) is 13.3. The zero-order chi connectivity index (χ0) is 25.3. The van der Waals surface area contributed by atoms with Gasteiger partial charge in [-0.3, -0.25) is 9.59 Å². The molecule has 0 aromatic carbocycles. The second kappa shape index (κ2) is 8.35. The van der Waals surface area contributed by atoms with Crippen LogP contribution in [0.15, 0.2) is 12.2 Å². The fraction of sp³-hybridized carbons (Fsp3) is 0.862. The van der Waals surface area contributed by atoms with Crippen molar-refractivity contribution < 1.29 is 24.2 Å². The first-order valence-corrected chi connectivity index (χ1v) is 13.3. The standard InChI is InChI=1S/C29H46O5/c1-17-9-10-22-28(7)13-11-21-26(4,5)24(32)12-14-27(21,6)23(28)15-25(34-19(3)31)29(22,8)20(17)16-33-18(2)30/h20-25,32H,1,9-16H2,2-8H3/t20-,21-,22-,23+,24-,25?,27-,28-,29+/m0/s1. The fourth-order valence-corrected chi connectivity index (χ4v) is 9.86. The van der Waals surface area contributed by atoms with E-state index in [1.54, 1.807) is 0 Å². The van der Waals surface area contributed by atoms with E-state index in [0.29, 0.717) is 24.4 Å². The number of rotatable bonds is 3. The van der Waals surface area contributed by atoms with Gasteiger partial charge in [-0.25, -0.2) is 0 Å². The Bertz CT molecular complexity index is 863. The van der Waals surface area contributed by atoms with Crippen LogP contribution in [-0.4, -0.2) is 35.9 Å². The lowest BCUT2D eigenvalue weighted by atomic mass is 9.34. The number of esters is 2. The highest BCUT2D eigenvalue weighted by Gasteiger charge is 2.69. The lowest BCUT2D eigenvalue weighted by Gasteiger charge is -2.71. The van der Waals surface area contributed by atoms with Gasteiger partial charge in [-0.2, -0.15) is 0 Å². The molecule has 9 atom stereocenters. The predicted octanol–water partition coefficient (Wildman–Crippen LogP) is 5.69. The normalized spacial score (nSPS) is 47.6. The molecular weight excluding hydrogens is 428 g/mol. The Hall–Kier alpha value is -1.36. The third-order valence-corrected chi connectivity index (χ3v) is 11.5. The summed E-state index contributed by atoms with van der Waals surface area (Å²) in [6.45, 7) is 19.4. The van der Waals surface area contributed by atoms with E-state index in [1.165, 1.54) is 13.8 Å². The van der Waals surface area contributed by atoms with Crippen molar-refractivity contribution in [3.05, 3.63) is 12.2 Å². The smallest absolute Gasteiger partial charge is 0.302 e.